The molecule has 0 aromatic heterocycles. The molecule has 7 nitrogen and oxygen atoms in total. The molecular formula is C26H25ClN4O3. The molecule has 0 spiro atoms. The van der Waals surface area contributed by atoms with Crippen molar-refractivity contribution in [2.24, 2.45) is 5.73 Å². The Morgan fingerprint density at radius 1 is 1.09 bits per heavy atom. The van der Waals surface area contributed by atoms with Gasteiger partial charge in [-0.3, -0.25) is 9.59 Å². The van der Waals surface area contributed by atoms with Crippen LogP contribution in [0, 0.1) is 11.3 Å². The second kappa shape index (κ2) is 11.8. The van der Waals surface area contributed by atoms with Crippen molar-refractivity contribution in [1.82, 2.24) is 4.90 Å². The number of benzene rings is 3. The van der Waals surface area contributed by atoms with Crippen LogP contribution >= 0.6 is 11.6 Å². The molecule has 3 aromatic rings. The lowest BCUT2D eigenvalue weighted by Crippen LogP contribution is -2.32. The highest BCUT2D eigenvalue weighted by atomic mass is 35.5. The van der Waals surface area contributed by atoms with Gasteiger partial charge in [0.05, 0.1) is 18.7 Å². The van der Waals surface area contributed by atoms with Crippen LogP contribution in [0.15, 0.2) is 66.7 Å². The van der Waals surface area contributed by atoms with E-state index in [0.29, 0.717) is 58.2 Å². The van der Waals surface area contributed by atoms with Gasteiger partial charge < -0.3 is 20.7 Å². The summed E-state index contributed by atoms with van der Waals surface area (Å²) in [5, 5.41) is 12.3. The van der Waals surface area contributed by atoms with Crippen LogP contribution in [-0.4, -0.2) is 36.9 Å². The fourth-order valence-corrected chi connectivity index (χ4v) is 3.53. The van der Waals surface area contributed by atoms with Gasteiger partial charge in [0.1, 0.15) is 5.75 Å². The topological polar surface area (TPSA) is 108 Å². The molecule has 3 rings (SSSR count). The number of methoxy groups -OCH3 is 1. The zero-order valence-corrected chi connectivity index (χ0v) is 19.5. The summed E-state index contributed by atoms with van der Waals surface area (Å²) in [6.45, 7) is 1.11. The maximum Gasteiger partial charge on any atom is 0.255 e. The van der Waals surface area contributed by atoms with Gasteiger partial charge in [0.2, 0.25) is 0 Å². The van der Waals surface area contributed by atoms with Crippen LogP contribution in [0.25, 0.3) is 0 Å². The SMILES string of the molecule is COc1cccc(C(=O)Nc2ccc(Cl)c(CN(CCCN)C(=O)c3ccc(C#N)cc3)c2)c1. The Labute approximate surface area is 203 Å². The molecule has 0 saturated carbocycles. The Balaban J connectivity index is 1.80. The van der Waals surface area contributed by atoms with Crippen molar-refractivity contribution in [3.63, 3.8) is 0 Å². The molecule has 0 fully saturated rings. The van der Waals surface area contributed by atoms with Crippen LogP contribution in [-0.2, 0) is 6.54 Å². The smallest absolute Gasteiger partial charge is 0.255 e. The number of amides is 2. The van der Waals surface area contributed by atoms with Gasteiger partial charge in [-0.1, -0.05) is 17.7 Å². The lowest BCUT2D eigenvalue weighted by molar-refractivity contribution is 0.0742. The maximum atomic E-state index is 13.2. The van der Waals surface area contributed by atoms with Crippen LogP contribution in [0.5, 0.6) is 5.75 Å². The highest BCUT2D eigenvalue weighted by Gasteiger charge is 2.18. The average Bonchev–Trinajstić information content (AvgIpc) is 2.87. The highest BCUT2D eigenvalue weighted by Crippen LogP contribution is 2.24. The average molecular weight is 477 g/mol. The van der Waals surface area contributed by atoms with E-state index in [1.165, 1.54) is 7.11 Å². The van der Waals surface area contributed by atoms with Gasteiger partial charge in [-0.25, -0.2) is 0 Å². The van der Waals surface area contributed by atoms with Crippen molar-refractivity contribution < 1.29 is 14.3 Å². The lowest BCUT2D eigenvalue weighted by atomic mass is 10.1. The molecule has 0 unspecified atom stereocenters. The molecule has 0 heterocycles. The third kappa shape index (κ3) is 6.35. The fraction of sp³-hybridized carbons (Fsp3) is 0.192. The Bertz CT molecular complexity index is 1210. The van der Waals surface area contributed by atoms with Crippen molar-refractivity contribution >= 4 is 29.1 Å². The highest BCUT2D eigenvalue weighted by molar-refractivity contribution is 6.31. The summed E-state index contributed by atoms with van der Waals surface area (Å²) in [6.07, 6.45) is 0.617. The first kappa shape index (κ1) is 24.8. The van der Waals surface area contributed by atoms with E-state index in [4.69, 9.17) is 27.3 Å². The van der Waals surface area contributed by atoms with E-state index in [-0.39, 0.29) is 18.4 Å². The van der Waals surface area contributed by atoms with Crippen molar-refractivity contribution in [2.45, 2.75) is 13.0 Å². The van der Waals surface area contributed by atoms with Gasteiger partial charge in [-0.2, -0.15) is 5.26 Å². The minimum Gasteiger partial charge on any atom is -0.497 e. The number of nitrogens with zero attached hydrogens (tertiary/aromatic N) is 2. The number of hydrogen-bond donors (Lipinski definition) is 2. The standard InChI is InChI=1S/C26H25ClN4O3/c1-34-23-5-2-4-20(15-23)25(32)30-22-10-11-24(27)21(14-22)17-31(13-3-12-28)26(33)19-8-6-18(16-29)7-9-19/h2,4-11,14-15H,3,12-13,17,28H2,1H3,(H,30,32). The summed E-state index contributed by atoms with van der Waals surface area (Å²) in [5.74, 6) is 0.0990. The minimum atomic E-state index is -0.291. The lowest BCUT2D eigenvalue weighted by Gasteiger charge is -2.24. The molecule has 0 radical (unpaired) electrons. The van der Waals surface area contributed by atoms with Crippen LogP contribution in [0.3, 0.4) is 0 Å². The Morgan fingerprint density at radius 2 is 1.85 bits per heavy atom. The van der Waals surface area contributed by atoms with Crippen molar-refractivity contribution in [3.05, 3.63) is 94.0 Å². The summed E-state index contributed by atoms with van der Waals surface area (Å²) in [5.41, 5.74) is 8.31. The summed E-state index contributed by atoms with van der Waals surface area (Å²) in [4.78, 5) is 27.5. The fourth-order valence-electron chi connectivity index (χ4n) is 3.35. The number of nitrogens with one attached hydrogen (secondary N) is 1. The zero-order chi connectivity index (χ0) is 24.5. The summed E-state index contributed by atoms with van der Waals surface area (Å²) in [6, 6.07) is 20.5. The number of halogens is 1. The van der Waals surface area contributed by atoms with E-state index in [9.17, 15) is 9.59 Å². The largest absolute Gasteiger partial charge is 0.497 e. The van der Waals surface area contributed by atoms with E-state index >= 15 is 0 Å². The van der Waals surface area contributed by atoms with Crippen molar-refractivity contribution in [1.29, 1.82) is 5.26 Å². The van der Waals surface area contributed by atoms with E-state index in [1.807, 2.05) is 6.07 Å². The molecule has 0 aliphatic heterocycles. The first-order valence-electron chi connectivity index (χ1n) is 10.7. The second-order valence-corrected chi connectivity index (χ2v) is 7.96. The van der Waals surface area contributed by atoms with Crippen LogP contribution < -0.4 is 15.8 Å². The number of anilines is 1. The van der Waals surface area contributed by atoms with Gasteiger partial charge in [0, 0.05) is 34.9 Å². The first-order chi connectivity index (χ1) is 16.4. The van der Waals surface area contributed by atoms with E-state index in [0.717, 1.165) is 0 Å². The first-order valence-corrected chi connectivity index (χ1v) is 11.1. The monoisotopic (exact) mass is 476 g/mol. The predicted molar refractivity (Wildman–Crippen MR) is 132 cm³/mol. The van der Waals surface area contributed by atoms with Gasteiger partial charge in [0.15, 0.2) is 0 Å². The molecule has 0 saturated heterocycles. The van der Waals surface area contributed by atoms with Gasteiger partial charge in [0.25, 0.3) is 11.8 Å². The van der Waals surface area contributed by atoms with Gasteiger partial charge in [-0.15, -0.1) is 0 Å². The summed E-state index contributed by atoms with van der Waals surface area (Å²) in [7, 11) is 1.54. The molecule has 34 heavy (non-hydrogen) atoms. The van der Waals surface area contributed by atoms with Crippen molar-refractivity contribution in [2.75, 3.05) is 25.5 Å². The van der Waals surface area contributed by atoms with Gasteiger partial charge >= 0.3 is 0 Å². The summed E-state index contributed by atoms with van der Waals surface area (Å²) >= 11 is 6.43. The third-order valence-electron chi connectivity index (χ3n) is 5.18. The molecule has 0 atom stereocenters. The van der Waals surface area contributed by atoms with Gasteiger partial charge in [-0.05, 0) is 79.2 Å². The second-order valence-electron chi connectivity index (χ2n) is 7.55. The number of ether oxygens (including phenoxy) is 1. The van der Waals surface area contributed by atoms with Crippen LogP contribution in [0.4, 0.5) is 5.69 Å². The van der Waals surface area contributed by atoms with Crippen LogP contribution in [0.1, 0.15) is 38.3 Å². The molecule has 3 N–H and O–H groups in total. The van der Waals surface area contributed by atoms with E-state index in [2.05, 4.69) is 5.32 Å². The number of carbonyl (C=O) groups excluding carboxylic acids is 2. The number of carbonyl (C=O) groups is 2. The molecule has 0 bridgehead atoms. The number of nitriles is 1. The molecule has 0 aliphatic rings. The third-order valence-corrected chi connectivity index (χ3v) is 5.55. The molecule has 2 amide bonds. The molecular weight excluding hydrogens is 452 g/mol. The number of rotatable bonds is 9. The number of nitrogens with two attached hydrogens (primary N) is 1. The molecule has 3 aromatic carbocycles. The molecule has 174 valence electrons. The predicted octanol–water partition coefficient (Wildman–Crippen LogP) is 4.46. The molecule has 8 heteroatoms. The Kier molecular flexibility index (Phi) is 8.63. The van der Waals surface area contributed by atoms with Crippen LogP contribution in [0.2, 0.25) is 5.02 Å². The van der Waals surface area contributed by atoms with E-state index < -0.39 is 0 Å². The van der Waals surface area contributed by atoms with E-state index in [1.54, 1.807) is 71.6 Å². The number of hydrogen-bond acceptors (Lipinski definition) is 5. The minimum absolute atomic E-state index is 0.195. The quantitative estimate of drug-likeness (QED) is 0.473. The zero-order valence-electron chi connectivity index (χ0n) is 18.8. The molecule has 0 aliphatic carbocycles. The Morgan fingerprint density at radius 3 is 2.53 bits per heavy atom. The maximum absolute atomic E-state index is 13.2. The van der Waals surface area contributed by atoms with Crippen molar-refractivity contribution in [3.8, 4) is 11.8 Å². The summed E-state index contributed by atoms with van der Waals surface area (Å²) < 4.78 is 5.18. The Hall–Kier alpha value is -3.86. The normalized spacial score (nSPS) is 10.3.